The van der Waals surface area contributed by atoms with Gasteiger partial charge in [-0.15, -0.1) is 0 Å². The van der Waals surface area contributed by atoms with E-state index in [1.807, 2.05) is 12.1 Å². The minimum absolute atomic E-state index is 0.872. The molecule has 2 rings (SSSR count). The second-order valence-corrected chi connectivity index (χ2v) is 4.75. The van der Waals surface area contributed by atoms with Crippen molar-refractivity contribution in [2.45, 2.75) is 19.8 Å². The lowest BCUT2D eigenvalue weighted by Gasteiger charge is -2.23. The van der Waals surface area contributed by atoms with Crippen molar-refractivity contribution in [1.29, 1.82) is 0 Å². The van der Waals surface area contributed by atoms with E-state index in [1.165, 1.54) is 18.5 Å². The van der Waals surface area contributed by atoms with Crippen LogP contribution >= 0.6 is 0 Å². The van der Waals surface area contributed by atoms with E-state index in [2.05, 4.69) is 24.0 Å². The first-order valence-corrected chi connectivity index (χ1v) is 6.45. The average molecular weight is 245 g/mol. The number of aliphatic carboxylic acids is 1. The maximum Gasteiger partial charge on any atom is 0.328 e. The summed E-state index contributed by atoms with van der Waals surface area (Å²) in [5, 5.41) is 8.57. The number of hydrogen-bond donors (Lipinski definition) is 1. The van der Waals surface area contributed by atoms with E-state index < -0.39 is 5.97 Å². The van der Waals surface area contributed by atoms with Crippen molar-refractivity contribution in [2.75, 3.05) is 18.0 Å². The summed E-state index contributed by atoms with van der Waals surface area (Å²) in [5.74, 6) is -0.0421. The van der Waals surface area contributed by atoms with Gasteiger partial charge in [-0.1, -0.05) is 12.1 Å². The first-order chi connectivity index (χ1) is 8.69. The van der Waals surface area contributed by atoms with Gasteiger partial charge in [0.25, 0.3) is 0 Å². The molecule has 0 radical (unpaired) electrons. The van der Waals surface area contributed by atoms with E-state index in [-0.39, 0.29) is 0 Å². The molecule has 1 aromatic carbocycles. The van der Waals surface area contributed by atoms with E-state index in [0.29, 0.717) is 0 Å². The van der Waals surface area contributed by atoms with Crippen molar-refractivity contribution in [3.8, 4) is 0 Å². The fraction of sp³-hybridized carbons (Fsp3) is 0.400. The molecule has 1 aliphatic rings. The van der Waals surface area contributed by atoms with E-state index in [0.717, 1.165) is 30.6 Å². The van der Waals surface area contributed by atoms with Gasteiger partial charge in [0.05, 0.1) is 0 Å². The van der Waals surface area contributed by atoms with Crippen LogP contribution in [0.2, 0.25) is 0 Å². The topological polar surface area (TPSA) is 40.5 Å². The van der Waals surface area contributed by atoms with Crippen LogP contribution in [0.1, 0.15) is 25.3 Å². The van der Waals surface area contributed by atoms with Gasteiger partial charge in [-0.2, -0.15) is 0 Å². The van der Waals surface area contributed by atoms with Crippen LogP contribution in [-0.4, -0.2) is 24.2 Å². The molecular weight excluding hydrogens is 226 g/mol. The number of anilines is 1. The van der Waals surface area contributed by atoms with Crippen LogP contribution in [0.15, 0.2) is 30.3 Å². The Morgan fingerprint density at radius 3 is 2.56 bits per heavy atom. The van der Waals surface area contributed by atoms with E-state index in [4.69, 9.17) is 5.11 Å². The number of benzene rings is 1. The fourth-order valence-corrected chi connectivity index (χ4v) is 1.99. The molecule has 1 aromatic rings. The molecule has 1 saturated carbocycles. The highest BCUT2D eigenvalue weighted by atomic mass is 16.4. The molecule has 1 fully saturated rings. The van der Waals surface area contributed by atoms with Crippen LogP contribution in [0, 0.1) is 5.92 Å². The standard InChI is InChI=1S/C15H19NO2/c1-2-16(11-13-3-4-13)14-8-5-12(6-9-14)7-10-15(17)18/h5-10,13H,2-4,11H2,1H3,(H,17,18). The molecule has 0 unspecified atom stereocenters. The molecule has 0 atom stereocenters. The summed E-state index contributed by atoms with van der Waals surface area (Å²) in [5.41, 5.74) is 2.14. The smallest absolute Gasteiger partial charge is 0.328 e. The molecule has 96 valence electrons. The van der Waals surface area contributed by atoms with Crippen LogP contribution in [0.5, 0.6) is 0 Å². The minimum Gasteiger partial charge on any atom is -0.478 e. The molecule has 3 heteroatoms. The molecule has 0 saturated heterocycles. The Bertz CT molecular complexity index is 432. The van der Waals surface area contributed by atoms with Crippen molar-refractivity contribution >= 4 is 17.7 Å². The summed E-state index contributed by atoms with van der Waals surface area (Å²) in [6.07, 6.45) is 5.49. The lowest BCUT2D eigenvalue weighted by atomic mass is 10.1. The number of carboxylic acid groups (broad SMARTS) is 1. The second-order valence-electron chi connectivity index (χ2n) is 4.75. The predicted molar refractivity (Wildman–Crippen MR) is 73.7 cm³/mol. The quantitative estimate of drug-likeness (QED) is 0.783. The van der Waals surface area contributed by atoms with Crippen molar-refractivity contribution in [3.05, 3.63) is 35.9 Å². The van der Waals surface area contributed by atoms with Crippen molar-refractivity contribution in [1.82, 2.24) is 0 Å². The van der Waals surface area contributed by atoms with Gasteiger partial charge in [0.1, 0.15) is 0 Å². The Morgan fingerprint density at radius 2 is 2.06 bits per heavy atom. The monoisotopic (exact) mass is 245 g/mol. The normalized spacial score (nSPS) is 14.9. The zero-order valence-corrected chi connectivity index (χ0v) is 10.7. The van der Waals surface area contributed by atoms with Crippen molar-refractivity contribution < 1.29 is 9.90 Å². The Morgan fingerprint density at radius 1 is 1.39 bits per heavy atom. The van der Waals surface area contributed by atoms with E-state index >= 15 is 0 Å². The molecule has 3 nitrogen and oxygen atoms in total. The zero-order valence-electron chi connectivity index (χ0n) is 10.7. The molecule has 0 heterocycles. The predicted octanol–water partition coefficient (Wildman–Crippen LogP) is 3.02. The molecule has 0 amide bonds. The van der Waals surface area contributed by atoms with Crippen LogP contribution < -0.4 is 4.90 Å². The average Bonchev–Trinajstić information content (AvgIpc) is 3.18. The lowest BCUT2D eigenvalue weighted by Crippen LogP contribution is -2.24. The van der Waals surface area contributed by atoms with Crippen molar-refractivity contribution in [3.63, 3.8) is 0 Å². The van der Waals surface area contributed by atoms with E-state index in [9.17, 15) is 4.79 Å². The van der Waals surface area contributed by atoms with Gasteiger partial charge in [-0.25, -0.2) is 4.79 Å². The highest BCUT2D eigenvalue weighted by molar-refractivity contribution is 5.85. The summed E-state index contributed by atoms with van der Waals surface area (Å²) in [4.78, 5) is 12.8. The van der Waals surface area contributed by atoms with Crippen LogP contribution in [0.25, 0.3) is 6.08 Å². The molecule has 0 spiro atoms. The minimum atomic E-state index is -0.914. The van der Waals surface area contributed by atoms with Gasteiger partial charge in [0, 0.05) is 24.9 Å². The molecule has 1 aliphatic carbocycles. The fourth-order valence-electron chi connectivity index (χ4n) is 1.99. The summed E-state index contributed by atoms with van der Waals surface area (Å²) < 4.78 is 0. The van der Waals surface area contributed by atoms with Crippen molar-refractivity contribution in [2.24, 2.45) is 5.92 Å². The maximum absolute atomic E-state index is 10.4. The van der Waals surface area contributed by atoms with Crippen LogP contribution in [0.4, 0.5) is 5.69 Å². The van der Waals surface area contributed by atoms with Crippen LogP contribution in [0.3, 0.4) is 0 Å². The molecule has 0 bridgehead atoms. The highest BCUT2D eigenvalue weighted by Gasteiger charge is 2.23. The van der Waals surface area contributed by atoms with Gasteiger partial charge >= 0.3 is 5.97 Å². The Balaban J connectivity index is 2.02. The molecule has 0 aromatic heterocycles. The van der Waals surface area contributed by atoms with E-state index in [1.54, 1.807) is 6.08 Å². The number of carboxylic acids is 1. The number of rotatable bonds is 6. The third kappa shape index (κ3) is 3.62. The first-order valence-electron chi connectivity index (χ1n) is 6.45. The Hall–Kier alpha value is -1.77. The van der Waals surface area contributed by atoms with Crippen LogP contribution in [-0.2, 0) is 4.79 Å². The summed E-state index contributed by atoms with van der Waals surface area (Å²) in [6, 6.07) is 8.05. The van der Waals surface area contributed by atoms with Gasteiger partial charge in [-0.3, -0.25) is 0 Å². The van der Waals surface area contributed by atoms with Gasteiger partial charge in [0.15, 0.2) is 0 Å². The lowest BCUT2D eigenvalue weighted by molar-refractivity contribution is -0.131. The SMILES string of the molecule is CCN(CC1CC1)c1ccc(C=CC(=O)O)cc1. The molecule has 0 aliphatic heterocycles. The maximum atomic E-state index is 10.4. The highest BCUT2D eigenvalue weighted by Crippen LogP contribution is 2.31. The van der Waals surface area contributed by atoms with Gasteiger partial charge in [0.2, 0.25) is 0 Å². The molecule has 18 heavy (non-hydrogen) atoms. The Labute approximate surface area is 108 Å². The molecule has 1 N–H and O–H groups in total. The zero-order chi connectivity index (χ0) is 13.0. The third-order valence-electron chi connectivity index (χ3n) is 3.23. The number of hydrogen-bond acceptors (Lipinski definition) is 2. The second kappa shape index (κ2) is 5.71. The largest absolute Gasteiger partial charge is 0.478 e. The van der Waals surface area contributed by atoms with Gasteiger partial charge in [-0.05, 0) is 49.5 Å². The number of carbonyl (C=O) groups is 1. The Kier molecular flexibility index (Phi) is 4.03. The number of nitrogens with zero attached hydrogens (tertiary/aromatic N) is 1. The summed E-state index contributed by atoms with van der Waals surface area (Å²) in [7, 11) is 0. The third-order valence-corrected chi connectivity index (χ3v) is 3.23. The summed E-state index contributed by atoms with van der Waals surface area (Å²) >= 11 is 0. The molecular formula is C15H19NO2. The van der Waals surface area contributed by atoms with Gasteiger partial charge < -0.3 is 10.0 Å². The summed E-state index contributed by atoms with van der Waals surface area (Å²) in [6.45, 7) is 4.32. The first kappa shape index (κ1) is 12.7.